The van der Waals surface area contributed by atoms with Gasteiger partial charge in [-0.1, -0.05) is 13.0 Å². The highest BCUT2D eigenvalue weighted by atomic mass is 28.4. The van der Waals surface area contributed by atoms with Crippen molar-refractivity contribution in [2.75, 3.05) is 37.0 Å². The lowest BCUT2D eigenvalue weighted by Crippen LogP contribution is -2.46. The predicted molar refractivity (Wildman–Crippen MR) is 166 cm³/mol. The molecule has 11 heteroatoms. The Bertz CT molecular complexity index is 1410. The van der Waals surface area contributed by atoms with E-state index in [0.717, 1.165) is 12.8 Å². The largest absolute Gasteiger partial charge is 0.497 e. The summed E-state index contributed by atoms with van der Waals surface area (Å²) in [7, 11) is -1.42. The van der Waals surface area contributed by atoms with Gasteiger partial charge in [0, 0.05) is 41.4 Å². The minimum atomic E-state index is -2.97. The van der Waals surface area contributed by atoms with Crippen LogP contribution in [0.4, 0.5) is 11.4 Å². The first-order valence-electron chi connectivity index (χ1n) is 14.8. The van der Waals surface area contributed by atoms with E-state index in [0.29, 0.717) is 34.8 Å². The lowest BCUT2D eigenvalue weighted by molar-refractivity contribution is -0.149. The molecule has 3 aliphatic heterocycles. The number of carbonyl (C=O) groups excluding carboxylic acids is 3. The minimum absolute atomic E-state index is 0.00220. The fraction of sp³-hybridized carbons (Fsp3) is 0.469. The molecule has 0 unspecified atom stereocenters. The molecule has 43 heavy (non-hydrogen) atoms. The average Bonchev–Trinajstić information content (AvgIpc) is 3.63. The molecule has 3 N–H and O–H groups in total. The third-order valence-electron chi connectivity index (χ3n) is 9.19. The van der Waals surface area contributed by atoms with E-state index >= 15 is 0 Å². The van der Waals surface area contributed by atoms with Gasteiger partial charge in [-0.25, -0.2) is 0 Å². The fourth-order valence-corrected chi connectivity index (χ4v) is 9.81. The van der Waals surface area contributed by atoms with Crippen molar-refractivity contribution in [2.24, 2.45) is 5.92 Å². The number of hydrogen-bond donors (Lipinski definition) is 3. The van der Waals surface area contributed by atoms with Crippen molar-refractivity contribution >= 4 is 37.4 Å². The zero-order valence-electron chi connectivity index (χ0n) is 25.2. The lowest BCUT2D eigenvalue weighted by atomic mass is 9.82. The third-order valence-corrected chi connectivity index (χ3v) is 11.7. The monoisotopic (exact) mass is 607 g/mol. The molecule has 10 nitrogen and oxygen atoms in total. The van der Waals surface area contributed by atoms with Crippen LogP contribution in [0.1, 0.15) is 42.1 Å². The normalized spacial score (nSPS) is 26.6. The van der Waals surface area contributed by atoms with Crippen LogP contribution in [-0.4, -0.2) is 79.8 Å². The van der Waals surface area contributed by atoms with E-state index < -0.39 is 31.5 Å². The third kappa shape index (κ3) is 5.39. The quantitative estimate of drug-likeness (QED) is 0.293. The maximum absolute atomic E-state index is 14.3. The molecule has 0 bridgehead atoms. The van der Waals surface area contributed by atoms with Crippen LogP contribution >= 0.6 is 0 Å². The van der Waals surface area contributed by atoms with Gasteiger partial charge in [-0.2, -0.15) is 0 Å². The summed E-state index contributed by atoms with van der Waals surface area (Å²) in [4.78, 5) is 55.7. The van der Waals surface area contributed by atoms with Crippen molar-refractivity contribution in [1.29, 1.82) is 0 Å². The first-order valence-corrected chi connectivity index (χ1v) is 17.8. The number of nitrogens with zero attached hydrogens (tertiary/aromatic N) is 2. The Labute approximate surface area is 253 Å². The molecule has 0 saturated carbocycles. The molecule has 1 spiro atoms. The number of fused-ring (bicyclic) bond motifs is 2. The second-order valence-electron chi connectivity index (χ2n) is 12.2. The van der Waals surface area contributed by atoms with Gasteiger partial charge in [0.1, 0.15) is 5.75 Å². The highest BCUT2D eigenvalue weighted by molar-refractivity contribution is 6.71. The summed E-state index contributed by atoms with van der Waals surface area (Å²) in [6.07, 6.45) is 2.51. The lowest BCUT2D eigenvalue weighted by Gasteiger charge is -2.32. The summed E-state index contributed by atoms with van der Waals surface area (Å²) < 4.78 is 11.9. The van der Waals surface area contributed by atoms with Crippen molar-refractivity contribution in [3.05, 3.63) is 66.2 Å². The highest BCUT2D eigenvalue weighted by Gasteiger charge is 2.66. The molecule has 0 aliphatic carbocycles. The first-order chi connectivity index (χ1) is 20.5. The number of carbonyl (C=O) groups is 3. The van der Waals surface area contributed by atoms with E-state index in [4.69, 9.17) is 9.47 Å². The van der Waals surface area contributed by atoms with Crippen molar-refractivity contribution in [1.82, 2.24) is 4.90 Å². The molecule has 3 heterocycles. The molecule has 0 aromatic heterocycles. The second-order valence-corrected chi connectivity index (χ2v) is 16.2. The van der Waals surface area contributed by atoms with Crippen molar-refractivity contribution in [3.8, 4) is 5.75 Å². The number of hydrogen-bond acceptors (Lipinski definition) is 7. The Kier molecular flexibility index (Phi) is 8.54. The summed E-state index contributed by atoms with van der Waals surface area (Å²) in [5.74, 6) is -0.570. The number of rotatable bonds is 9. The summed E-state index contributed by atoms with van der Waals surface area (Å²) >= 11 is 0. The van der Waals surface area contributed by atoms with Crippen LogP contribution in [0.2, 0.25) is 18.6 Å². The molecule has 2 aromatic rings. The Morgan fingerprint density at radius 1 is 1.23 bits per heavy atom. The number of anilines is 2. The fourth-order valence-electron chi connectivity index (χ4n) is 7.25. The van der Waals surface area contributed by atoms with E-state index in [1.807, 2.05) is 20.0 Å². The van der Waals surface area contributed by atoms with Crippen LogP contribution in [0.15, 0.2) is 55.1 Å². The van der Waals surface area contributed by atoms with Gasteiger partial charge in [0.15, 0.2) is 13.9 Å². The van der Waals surface area contributed by atoms with E-state index in [-0.39, 0.29) is 43.3 Å². The molecule has 5 atom stereocenters. The number of amides is 3. The smallest absolute Gasteiger partial charge is 0.264 e. The van der Waals surface area contributed by atoms with Crippen LogP contribution in [-0.2, 0) is 19.9 Å². The molecule has 3 amide bonds. The van der Waals surface area contributed by atoms with Crippen molar-refractivity contribution in [2.45, 2.75) is 62.6 Å². The van der Waals surface area contributed by atoms with Crippen LogP contribution in [0.3, 0.4) is 0 Å². The summed E-state index contributed by atoms with van der Waals surface area (Å²) in [5.41, 5.74) is 0.283. The second kappa shape index (κ2) is 11.9. The zero-order valence-corrected chi connectivity index (χ0v) is 26.2. The van der Waals surface area contributed by atoms with E-state index in [1.54, 1.807) is 65.5 Å². The SMILES string of the molecule is C=CCN1C(=O)[C@@]2(O[C@@H](CC(=O)N3CCC[C@H]3CO)[C@H]([Si](C)(C)O)[C@H]2C)c2cc(NC(=O)c3ccc(OC)cc3)ccc21. The molecule has 2 aromatic carbocycles. The maximum atomic E-state index is 14.3. The molecular formula is C32H41N3O7Si. The average molecular weight is 608 g/mol. The Hall–Kier alpha value is -3.51. The summed E-state index contributed by atoms with van der Waals surface area (Å²) in [5, 5.41) is 12.7. The van der Waals surface area contributed by atoms with E-state index in [9.17, 15) is 24.3 Å². The molecule has 2 saturated heterocycles. The number of methoxy groups -OCH3 is 1. The Balaban J connectivity index is 1.51. The Morgan fingerprint density at radius 2 is 1.95 bits per heavy atom. The Morgan fingerprint density at radius 3 is 2.58 bits per heavy atom. The predicted octanol–water partition coefficient (Wildman–Crippen LogP) is 3.65. The van der Waals surface area contributed by atoms with E-state index in [2.05, 4.69) is 11.9 Å². The highest BCUT2D eigenvalue weighted by Crippen LogP contribution is 2.60. The number of aliphatic hydroxyl groups is 1. The molecular weight excluding hydrogens is 566 g/mol. The summed E-state index contributed by atoms with van der Waals surface area (Å²) in [6, 6.07) is 11.8. The molecule has 0 radical (unpaired) electrons. The molecule has 2 fully saturated rings. The standard InChI is InChI=1S/C32H41N3O7Si/c1-6-15-35-26-14-11-22(33-30(38)21-9-12-24(41-3)13-10-21)17-25(26)32(31(35)39)20(2)29(43(4,5)40)27(42-32)18-28(37)34-16-7-8-23(34)19-36/h6,9-14,17,20,23,27,29,36,40H,1,7-8,15-16,18-19H2,2-5H3,(H,33,38)/t20-,23+,27+,29-,32+/m1/s1. The van der Waals surface area contributed by atoms with Gasteiger partial charge in [-0.15, -0.1) is 6.58 Å². The maximum Gasteiger partial charge on any atom is 0.264 e. The van der Waals surface area contributed by atoms with Gasteiger partial charge in [-0.3, -0.25) is 14.4 Å². The summed E-state index contributed by atoms with van der Waals surface area (Å²) in [6.45, 7) is 10.1. The van der Waals surface area contributed by atoms with Gasteiger partial charge >= 0.3 is 0 Å². The van der Waals surface area contributed by atoms with Crippen molar-refractivity contribution in [3.63, 3.8) is 0 Å². The zero-order chi connectivity index (χ0) is 31.1. The number of likely N-dealkylation sites (tertiary alicyclic amines) is 1. The minimum Gasteiger partial charge on any atom is -0.497 e. The topological polar surface area (TPSA) is 129 Å². The van der Waals surface area contributed by atoms with Gasteiger partial charge in [-0.05, 0) is 68.4 Å². The van der Waals surface area contributed by atoms with Crippen LogP contribution < -0.4 is 15.0 Å². The number of ether oxygens (including phenoxy) is 2. The van der Waals surface area contributed by atoms with Crippen molar-refractivity contribution < 1.29 is 33.8 Å². The van der Waals surface area contributed by atoms with Gasteiger partial charge < -0.3 is 34.5 Å². The number of aliphatic hydroxyl groups excluding tert-OH is 1. The number of benzene rings is 2. The van der Waals surface area contributed by atoms with Crippen LogP contribution in [0.5, 0.6) is 5.75 Å². The van der Waals surface area contributed by atoms with Gasteiger partial charge in [0.25, 0.3) is 11.8 Å². The van der Waals surface area contributed by atoms with Gasteiger partial charge in [0.05, 0.1) is 38.0 Å². The van der Waals surface area contributed by atoms with Crippen LogP contribution in [0, 0.1) is 5.92 Å². The van der Waals surface area contributed by atoms with Crippen LogP contribution in [0.25, 0.3) is 0 Å². The van der Waals surface area contributed by atoms with E-state index in [1.165, 1.54) is 0 Å². The molecule has 5 rings (SSSR count). The molecule has 230 valence electrons. The molecule has 3 aliphatic rings. The first kappa shape index (κ1) is 30.9. The van der Waals surface area contributed by atoms with Gasteiger partial charge in [0.2, 0.25) is 5.91 Å². The number of nitrogens with one attached hydrogen (secondary N) is 1.